The summed E-state index contributed by atoms with van der Waals surface area (Å²) in [5.41, 5.74) is 5.14. The van der Waals surface area contributed by atoms with Gasteiger partial charge in [0, 0.05) is 5.92 Å². The van der Waals surface area contributed by atoms with E-state index in [4.69, 9.17) is 0 Å². The van der Waals surface area contributed by atoms with E-state index in [-0.39, 0.29) is 0 Å². The molecule has 16 heavy (non-hydrogen) atoms. The Labute approximate surface area is 101 Å². The summed E-state index contributed by atoms with van der Waals surface area (Å²) in [4.78, 5) is 0. The molecule has 0 aliphatic heterocycles. The number of rotatable bonds is 5. The third kappa shape index (κ3) is 2.45. The van der Waals surface area contributed by atoms with Crippen LogP contribution >= 0.6 is 0 Å². The molecule has 0 aromatic carbocycles. The predicted molar refractivity (Wildman–Crippen MR) is 69.0 cm³/mol. The van der Waals surface area contributed by atoms with Gasteiger partial charge in [-0.25, -0.2) is 0 Å². The van der Waals surface area contributed by atoms with Gasteiger partial charge in [-0.2, -0.15) is 0 Å². The highest BCUT2D eigenvalue weighted by Gasteiger charge is 2.48. The predicted octanol–water partition coefficient (Wildman–Crippen LogP) is 3.39. The van der Waals surface area contributed by atoms with Crippen LogP contribution in [-0.4, -0.2) is 6.04 Å². The van der Waals surface area contributed by atoms with Crippen molar-refractivity contribution in [2.45, 2.75) is 77.7 Å². The third-order valence-electron chi connectivity index (χ3n) is 5.47. The van der Waals surface area contributed by atoms with Gasteiger partial charge in [-0.15, -0.1) is 0 Å². The molecule has 2 saturated carbocycles. The van der Waals surface area contributed by atoms with Gasteiger partial charge < -0.3 is 5.73 Å². The molecule has 0 aromatic rings. The highest BCUT2D eigenvalue weighted by Crippen LogP contribution is 2.59. The lowest BCUT2D eigenvalue weighted by Crippen LogP contribution is -2.64. The molecule has 0 spiro atoms. The Morgan fingerprint density at radius 2 is 1.75 bits per heavy atom. The molecule has 3 N–H and O–H groups in total. The van der Waals surface area contributed by atoms with Gasteiger partial charge in [0.15, 0.2) is 0 Å². The molecule has 0 saturated heterocycles. The highest BCUT2D eigenvalue weighted by molar-refractivity contribution is 4.99. The maximum absolute atomic E-state index is 4.32. The van der Waals surface area contributed by atoms with Crippen LogP contribution in [0.1, 0.15) is 71.6 Å². The minimum atomic E-state index is 0.724. The third-order valence-corrected chi connectivity index (χ3v) is 5.47. The summed E-state index contributed by atoms with van der Waals surface area (Å²) in [6.07, 6.45) is 13.2. The van der Waals surface area contributed by atoms with E-state index in [9.17, 15) is 0 Å². The first-order chi connectivity index (χ1) is 7.72. The van der Waals surface area contributed by atoms with Gasteiger partial charge in [-0.1, -0.05) is 20.3 Å². The Kier molecular flexibility index (Phi) is 3.94. The Hall–Kier alpha value is -0.0400. The maximum Gasteiger partial charge on any atom is 0.0869 e. The van der Waals surface area contributed by atoms with Gasteiger partial charge in [0.2, 0.25) is 0 Å². The smallest absolute Gasteiger partial charge is 0.0869 e. The van der Waals surface area contributed by atoms with Crippen molar-refractivity contribution in [3.63, 3.8) is 0 Å². The van der Waals surface area contributed by atoms with Gasteiger partial charge in [-0.3, -0.25) is 0 Å². The quantitative estimate of drug-likeness (QED) is 0.741. The zero-order valence-corrected chi connectivity index (χ0v) is 11.3. The molecule has 2 aliphatic carbocycles. The summed E-state index contributed by atoms with van der Waals surface area (Å²) < 4.78 is 0. The molecule has 0 amide bonds. The molecule has 0 radical (unpaired) electrons. The maximum atomic E-state index is 4.32. The molecule has 94 valence electrons. The summed E-state index contributed by atoms with van der Waals surface area (Å²) in [6, 6.07) is 0.724. The topological polar surface area (TPSA) is 27.6 Å². The normalized spacial score (nSPS) is 34.7. The Morgan fingerprint density at radius 3 is 2.19 bits per heavy atom. The molecule has 0 bridgehead atoms. The minimum absolute atomic E-state index is 0.724. The average molecular weight is 224 g/mol. The molecule has 0 heterocycles. The lowest BCUT2D eigenvalue weighted by atomic mass is 9.71. The largest absolute Gasteiger partial charge is 0.355 e. The van der Waals surface area contributed by atoms with Crippen LogP contribution in [-0.2, 0) is 0 Å². The second kappa shape index (κ2) is 5.08. The molecule has 1 heteroatoms. The molecule has 2 rings (SSSR count). The standard InChI is InChI=1S/C15H29N/c1-3-9-15(10-11-15)13-7-5-12(6-8-13)14(16)4-2/h12-14H,3-11,16H2,1-2H3/p+1. The second-order valence-electron chi connectivity index (χ2n) is 6.39. The lowest BCUT2D eigenvalue weighted by Gasteiger charge is -2.35. The van der Waals surface area contributed by atoms with E-state index in [1.807, 2.05) is 0 Å². The molecule has 1 unspecified atom stereocenters. The van der Waals surface area contributed by atoms with E-state index in [0.29, 0.717) is 0 Å². The van der Waals surface area contributed by atoms with E-state index in [1.54, 1.807) is 0 Å². The molecule has 0 aromatic heterocycles. The van der Waals surface area contributed by atoms with Gasteiger partial charge in [-0.05, 0) is 62.7 Å². The first-order valence-corrected chi connectivity index (χ1v) is 7.55. The van der Waals surface area contributed by atoms with Crippen LogP contribution in [0.15, 0.2) is 0 Å². The van der Waals surface area contributed by atoms with E-state index in [1.165, 1.54) is 57.8 Å². The summed E-state index contributed by atoms with van der Waals surface area (Å²) >= 11 is 0. The van der Waals surface area contributed by atoms with E-state index >= 15 is 0 Å². The van der Waals surface area contributed by atoms with Gasteiger partial charge in [0.05, 0.1) is 6.04 Å². The minimum Gasteiger partial charge on any atom is -0.355 e. The van der Waals surface area contributed by atoms with E-state index < -0.39 is 0 Å². The summed E-state index contributed by atoms with van der Waals surface area (Å²) in [5.74, 6) is 2.02. The van der Waals surface area contributed by atoms with Crippen molar-refractivity contribution in [2.24, 2.45) is 17.3 Å². The Balaban J connectivity index is 1.81. The average Bonchev–Trinajstić information content (AvgIpc) is 3.10. The van der Waals surface area contributed by atoms with Crippen LogP contribution < -0.4 is 5.73 Å². The fourth-order valence-corrected chi connectivity index (χ4v) is 4.06. The number of hydrogen-bond donors (Lipinski definition) is 1. The van der Waals surface area contributed by atoms with Gasteiger partial charge in [0.1, 0.15) is 0 Å². The second-order valence-corrected chi connectivity index (χ2v) is 6.39. The van der Waals surface area contributed by atoms with E-state index in [2.05, 4.69) is 19.6 Å². The van der Waals surface area contributed by atoms with Crippen molar-refractivity contribution in [1.82, 2.24) is 0 Å². The summed E-state index contributed by atoms with van der Waals surface area (Å²) in [6.45, 7) is 4.65. The van der Waals surface area contributed by atoms with Crippen LogP contribution in [0.5, 0.6) is 0 Å². The van der Waals surface area contributed by atoms with Gasteiger partial charge >= 0.3 is 0 Å². The fraction of sp³-hybridized carbons (Fsp3) is 1.00. The van der Waals surface area contributed by atoms with E-state index in [0.717, 1.165) is 23.3 Å². The number of hydrogen-bond acceptors (Lipinski definition) is 0. The summed E-state index contributed by atoms with van der Waals surface area (Å²) in [5, 5.41) is 0. The first kappa shape index (κ1) is 12.4. The Bertz CT molecular complexity index is 211. The lowest BCUT2D eigenvalue weighted by molar-refractivity contribution is -0.435. The molecule has 1 nitrogen and oxygen atoms in total. The SMILES string of the molecule is CCCC1(C2CCC(C([NH3+])CC)CC2)CC1. The zero-order chi connectivity index (χ0) is 11.6. The van der Waals surface area contributed by atoms with Crippen molar-refractivity contribution in [2.75, 3.05) is 0 Å². The summed E-state index contributed by atoms with van der Waals surface area (Å²) in [7, 11) is 0. The molecular weight excluding hydrogens is 194 g/mol. The van der Waals surface area contributed by atoms with Crippen LogP contribution in [0, 0.1) is 17.3 Å². The molecule has 2 fully saturated rings. The van der Waals surface area contributed by atoms with Crippen LogP contribution in [0.25, 0.3) is 0 Å². The van der Waals surface area contributed by atoms with Crippen molar-refractivity contribution in [3.8, 4) is 0 Å². The van der Waals surface area contributed by atoms with Crippen molar-refractivity contribution >= 4 is 0 Å². The Morgan fingerprint density at radius 1 is 1.12 bits per heavy atom. The zero-order valence-electron chi connectivity index (χ0n) is 11.3. The molecule has 2 aliphatic rings. The van der Waals surface area contributed by atoms with Crippen molar-refractivity contribution in [3.05, 3.63) is 0 Å². The molecule has 1 atom stereocenters. The number of quaternary nitrogens is 1. The van der Waals surface area contributed by atoms with Gasteiger partial charge in [0.25, 0.3) is 0 Å². The van der Waals surface area contributed by atoms with Crippen LogP contribution in [0.3, 0.4) is 0 Å². The van der Waals surface area contributed by atoms with Crippen molar-refractivity contribution in [1.29, 1.82) is 0 Å². The fourth-order valence-electron chi connectivity index (χ4n) is 4.06. The highest BCUT2D eigenvalue weighted by atomic mass is 14.7. The molecular formula is C15H30N+. The van der Waals surface area contributed by atoms with Crippen molar-refractivity contribution < 1.29 is 5.73 Å². The first-order valence-electron chi connectivity index (χ1n) is 7.55. The monoisotopic (exact) mass is 224 g/mol. The van der Waals surface area contributed by atoms with Crippen LogP contribution in [0.4, 0.5) is 0 Å². The van der Waals surface area contributed by atoms with Crippen LogP contribution in [0.2, 0.25) is 0 Å².